The number of hydrogen-bond donors (Lipinski definition) is 10. The number of nitrogens with two attached hydrogens (primary N) is 3. The first kappa shape index (κ1) is 43.6. The lowest BCUT2D eigenvalue weighted by Gasteiger charge is -2.27. The Morgan fingerprint density at radius 3 is 1.44 bits per heavy atom. The van der Waals surface area contributed by atoms with E-state index in [0.717, 1.165) is 0 Å². The fraction of sp³-hybridized carbons (Fsp3) is 0.500. The van der Waals surface area contributed by atoms with Gasteiger partial charge in [0.1, 0.15) is 37.0 Å². The number of hydrogen-bond acceptors (Lipinski definition) is 23. The van der Waals surface area contributed by atoms with Crippen LogP contribution in [0.3, 0.4) is 0 Å². The average Bonchev–Trinajstić information content (AvgIpc) is 4.06. The van der Waals surface area contributed by atoms with Crippen LogP contribution in [0.25, 0.3) is 33.5 Å². The van der Waals surface area contributed by atoms with Crippen LogP contribution in [0.5, 0.6) is 0 Å². The second-order valence-corrected chi connectivity index (χ2v) is 20.1. The zero-order chi connectivity index (χ0) is 44.5. The molecule has 11 unspecified atom stereocenters. The summed E-state index contributed by atoms with van der Waals surface area (Å²) in [4.78, 5) is 91.6. The van der Waals surface area contributed by atoms with Gasteiger partial charge >= 0.3 is 13.4 Å². The van der Waals surface area contributed by atoms with Crippen molar-refractivity contribution in [2.45, 2.75) is 74.6 Å². The molecule has 33 heteroatoms. The Balaban J connectivity index is 0.890. The minimum atomic E-state index is -4.21. The van der Waals surface area contributed by atoms with Gasteiger partial charge in [0.25, 0.3) is 16.7 Å². The maximum atomic E-state index is 12.5. The summed E-state index contributed by atoms with van der Waals surface area (Å²) in [5.74, 6) is -0.497. The Morgan fingerprint density at radius 1 is 0.651 bits per heavy atom. The van der Waals surface area contributed by atoms with E-state index in [2.05, 4.69) is 44.9 Å². The monoisotopic (exact) mass is 957 g/mol. The van der Waals surface area contributed by atoms with Crippen molar-refractivity contribution in [1.82, 2.24) is 58.6 Å². The van der Waals surface area contributed by atoms with Crippen LogP contribution in [-0.2, 0) is 55.9 Å². The molecule has 3 fully saturated rings. The summed E-state index contributed by atoms with van der Waals surface area (Å²) in [6.45, 7) is -9.92. The first-order valence-electron chi connectivity index (χ1n) is 18.7. The molecule has 3 saturated heterocycles. The molecule has 63 heavy (non-hydrogen) atoms. The van der Waals surface area contributed by atoms with Crippen molar-refractivity contribution < 1.29 is 52.3 Å². The number of H-pyrrole nitrogens is 3. The van der Waals surface area contributed by atoms with Crippen LogP contribution in [-0.4, -0.2) is 135 Å². The maximum absolute atomic E-state index is 12.5. The molecular weight excluding hydrogens is 921 g/mol. The number of nitrogen functional groups attached to an aromatic ring is 3. The first-order chi connectivity index (χ1) is 30.0. The highest BCUT2D eigenvalue weighted by atomic mass is 32.5. The third-order valence-corrected chi connectivity index (χ3v) is 13.5. The van der Waals surface area contributed by atoms with Gasteiger partial charge in [-0.05, 0) is 23.6 Å². The predicted octanol–water partition coefficient (Wildman–Crippen LogP) is -2.41. The van der Waals surface area contributed by atoms with Gasteiger partial charge in [-0.3, -0.25) is 43.0 Å². The van der Waals surface area contributed by atoms with Crippen LogP contribution >= 0.6 is 13.4 Å². The lowest BCUT2D eigenvalue weighted by Crippen LogP contribution is -2.31. The quantitative estimate of drug-likeness (QED) is 0.0508. The number of anilines is 3. The van der Waals surface area contributed by atoms with Crippen LogP contribution < -0.4 is 33.9 Å². The number of aliphatic hydroxyl groups is 2. The molecule has 29 nitrogen and oxygen atoms in total. The number of rotatable bonds is 14. The van der Waals surface area contributed by atoms with Crippen molar-refractivity contribution in [3.8, 4) is 0 Å². The van der Waals surface area contributed by atoms with Gasteiger partial charge in [0.05, 0.1) is 57.1 Å². The van der Waals surface area contributed by atoms with E-state index in [1.165, 1.54) is 32.7 Å². The summed E-state index contributed by atoms with van der Waals surface area (Å²) < 4.78 is 45.6. The van der Waals surface area contributed by atoms with Crippen LogP contribution in [0.4, 0.5) is 17.8 Å². The molecule has 338 valence electrons. The van der Waals surface area contributed by atoms with Crippen molar-refractivity contribution in [1.29, 1.82) is 0 Å². The molecular formula is C30H37N15O14P2S2. The van der Waals surface area contributed by atoms with Gasteiger partial charge in [0, 0.05) is 19.3 Å². The van der Waals surface area contributed by atoms with Crippen molar-refractivity contribution in [2.75, 3.05) is 37.0 Å². The van der Waals surface area contributed by atoms with Crippen LogP contribution in [0.1, 0.15) is 37.9 Å². The zero-order valence-electron chi connectivity index (χ0n) is 32.0. The largest absolute Gasteiger partial charge is 0.394 e. The summed E-state index contributed by atoms with van der Waals surface area (Å²) in [5, 5.41) is 21.0. The fourth-order valence-corrected chi connectivity index (χ4v) is 10.5. The number of fused-ring (bicyclic) bond motifs is 3. The van der Waals surface area contributed by atoms with Crippen LogP contribution in [0.2, 0.25) is 0 Å². The number of nitrogens with one attached hydrogen (secondary N) is 3. The van der Waals surface area contributed by atoms with Gasteiger partial charge in [-0.1, -0.05) is 0 Å². The van der Waals surface area contributed by atoms with E-state index in [1.54, 1.807) is 0 Å². The van der Waals surface area contributed by atoms with Gasteiger partial charge in [0.2, 0.25) is 17.8 Å². The second kappa shape index (κ2) is 16.7. The minimum Gasteiger partial charge on any atom is -0.394 e. The highest BCUT2D eigenvalue weighted by Crippen LogP contribution is 2.52. The Hall–Kier alpha value is -4.69. The number of aromatic amines is 3. The second-order valence-electron chi connectivity index (χ2n) is 14.5. The van der Waals surface area contributed by atoms with Crippen LogP contribution in [0.15, 0.2) is 33.4 Å². The maximum Gasteiger partial charge on any atom is 0.324 e. The molecule has 0 radical (unpaired) electrons. The number of ether oxygens (including phenoxy) is 3. The zero-order valence-corrected chi connectivity index (χ0v) is 35.4. The lowest BCUT2D eigenvalue weighted by molar-refractivity contribution is -0.0535. The van der Waals surface area contributed by atoms with Gasteiger partial charge in [-0.25, -0.2) is 15.0 Å². The lowest BCUT2D eigenvalue weighted by atomic mass is 10.2. The fourth-order valence-electron chi connectivity index (χ4n) is 7.51. The van der Waals surface area contributed by atoms with E-state index < -0.39 is 105 Å². The molecule has 9 rings (SSSR count). The minimum absolute atomic E-state index is 0.000712. The molecule has 6 aromatic rings. The van der Waals surface area contributed by atoms with Gasteiger partial charge in [0.15, 0.2) is 33.5 Å². The highest BCUT2D eigenvalue weighted by molar-refractivity contribution is 8.07. The molecule has 0 aliphatic carbocycles. The average molecular weight is 958 g/mol. The molecule has 0 spiro atoms. The number of aromatic nitrogens is 12. The molecule has 0 bridgehead atoms. The molecule has 3 aliphatic rings. The van der Waals surface area contributed by atoms with Crippen LogP contribution in [0, 0.1) is 0 Å². The predicted molar refractivity (Wildman–Crippen MR) is 221 cm³/mol. The molecule has 6 aromatic heterocycles. The Bertz CT molecular complexity index is 3000. The molecule has 13 N–H and O–H groups in total. The molecule has 3 aliphatic heterocycles. The third kappa shape index (κ3) is 8.66. The number of aliphatic hydroxyl groups excluding tert-OH is 2. The number of nitrogens with zero attached hydrogens (tertiary/aromatic N) is 9. The van der Waals surface area contributed by atoms with Crippen molar-refractivity contribution in [3.05, 3.63) is 50.0 Å². The van der Waals surface area contributed by atoms with Crippen molar-refractivity contribution in [3.63, 3.8) is 0 Å². The Labute approximate surface area is 360 Å². The number of imidazole rings is 3. The summed E-state index contributed by atoms with van der Waals surface area (Å²) in [7, 11) is 0. The van der Waals surface area contributed by atoms with Crippen molar-refractivity contribution >= 4 is 88.4 Å². The topological polar surface area (TPSA) is 414 Å². The van der Waals surface area contributed by atoms with E-state index >= 15 is 0 Å². The van der Waals surface area contributed by atoms with Gasteiger partial charge in [-0.2, -0.15) is 15.0 Å². The molecule has 11 atom stereocenters. The van der Waals surface area contributed by atoms with E-state index in [4.69, 9.17) is 73.1 Å². The third-order valence-electron chi connectivity index (χ3n) is 10.4. The highest BCUT2D eigenvalue weighted by Gasteiger charge is 2.45. The molecule has 0 amide bonds. The van der Waals surface area contributed by atoms with E-state index in [0.29, 0.717) is 0 Å². The van der Waals surface area contributed by atoms with E-state index in [1.807, 2.05) is 0 Å². The smallest absolute Gasteiger partial charge is 0.324 e. The van der Waals surface area contributed by atoms with E-state index in [9.17, 15) is 34.4 Å². The molecule has 0 aromatic carbocycles. The van der Waals surface area contributed by atoms with Gasteiger partial charge < -0.3 is 69.5 Å². The summed E-state index contributed by atoms with van der Waals surface area (Å²) in [6.07, 6.45) is -5.36. The molecule has 9 heterocycles. The Kier molecular flexibility index (Phi) is 11.5. The summed E-state index contributed by atoms with van der Waals surface area (Å²) in [5.41, 5.74) is 15.8. The van der Waals surface area contributed by atoms with E-state index in [-0.39, 0.29) is 70.6 Å². The van der Waals surface area contributed by atoms with Crippen molar-refractivity contribution in [2.24, 2.45) is 0 Å². The summed E-state index contributed by atoms with van der Waals surface area (Å²) >= 11 is 10.7. The van der Waals surface area contributed by atoms with Gasteiger partial charge in [-0.15, -0.1) is 0 Å². The standard InChI is InChI=1S/C30H37N15O14P2S2/c31-28-37-22-19(25(48)40-28)34-7-43(22)16-1-10(47)14(56-16)5-53-60(51,62)59-12-3-18(45-9-36-21-24(45)39-30(33)42-27(21)50)57-15(12)6-54-61(52,63)58-11-2-17(55-13(11)4-46)44-8-35-20-23(44)38-29(32)41-26(20)49/h7-18,46-47H,1-6H2,(H,51,62)(H,52,63)(H3,31,37,40,48)(H3,32,38,41,49)(H3,33,39,42,50). The normalized spacial score (nSPS) is 28.3. The first-order valence-corrected chi connectivity index (χ1v) is 23.9. The Morgan fingerprint density at radius 2 is 1.02 bits per heavy atom. The SMILES string of the molecule is Nc1nc2c(ncn2C2CC(O)C(COP(O)(=S)OC3CC(n4cnc5c(=O)[nH]c(N)nc54)OC3COP(O)(=S)OC3CC(n4cnc5c(=O)[nH]c(N)nc54)OC3CO)O2)c(=O)[nH]1. The summed E-state index contributed by atoms with van der Waals surface area (Å²) in [6, 6.07) is 0. The molecule has 0 saturated carbocycles.